The first-order valence-electron chi connectivity index (χ1n) is 6.76. The van der Waals surface area contributed by atoms with Gasteiger partial charge in [-0.1, -0.05) is 5.16 Å². The lowest BCUT2D eigenvalue weighted by atomic mass is 10.3. The molecule has 3 rings (SSSR count). The summed E-state index contributed by atoms with van der Waals surface area (Å²) in [7, 11) is 0. The average molecular weight is 288 g/mol. The van der Waals surface area contributed by atoms with Gasteiger partial charge in [0.25, 0.3) is 5.91 Å². The molecule has 21 heavy (non-hydrogen) atoms. The predicted molar refractivity (Wildman–Crippen MR) is 75.5 cm³/mol. The van der Waals surface area contributed by atoms with Crippen LogP contribution < -0.4 is 5.32 Å². The lowest BCUT2D eigenvalue weighted by Gasteiger charge is -2.26. The van der Waals surface area contributed by atoms with Gasteiger partial charge < -0.3 is 19.5 Å². The van der Waals surface area contributed by atoms with Crippen LogP contribution in [0.25, 0.3) is 0 Å². The SMILES string of the molecule is Cc1cc(Nc2ccc(C(=O)N3CCOCC3)nc2)no1. The van der Waals surface area contributed by atoms with Crippen molar-refractivity contribution in [1.82, 2.24) is 15.0 Å². The maximum Gasteiger partial charge on any atom is 0.272 e. The molecule has 0 spiro atoms. The van der Waals surface area contributed by atoms with Gasteiger partial charge in [0.2, 0.25) is 0 Å². The topological polar surface area (TPSA) is 80.5 Å². The lowest BCUT2D eigenvalue weighted by Crippen LogP contribution is -2.41. The molecule has 7 nitrogen and oxygen atoms in total. The van der Waals surface area contributed by atoms with E-state index in [0.717, 1.165) is 11.4 Å². The van der Waals surface area contributed by atoms with Crippen LogP contribution in [0.2, 0.25) is 0 Å². The van der Waals surface area contributed by atoms with Gasteiger partial charge in [0.1, 0.15) is 11.5 Å². The van der Waals surface area contributed by atoms with E-state index in [2.05, 4.69) is 15.5 Å². The number of ether oxygens (including phenoxy) is 1. The molecule has 0 aromatic carbocycles. The fraction of sp³-hybridized carbons (Fsp3) is 0.357. The highest BCUT2D eigenvalue weighted by atomic mass is 16.5. The lowest BCUT2D eigenvalue weighted by molar-refractivity contribution is 0.0299. The van der Waals surface area contributed by atoms with Crippen molar-refractivity contribution in [1.29, 1.82) is 0 Å². The van der Waals surface area contributed by atoms with E-state index in [-0.39, 0.29) is 5.91 Å². The highest BCUT2D eigenvalue weighted by Gasteiger charge is 2.19. The van der Waals surface area contributed by atoms with Gasteiger partial charge in [-0.2, -0.15) is 0 Å². The van der Waals surface area contributed by atoms with Crippen LogP contribution >= 0.6 is 0 Å². The smallest absolute Gasteiger partial charge is 0.272 e. The molecule has 2 aromatic rings. The van der Waals surface area contributed by atoms with Crippen LogP contribution in [-0.4, -0.2) is 47.3 Å². The third kappa shape index (κ3) is 3.19. The standard InChI is InChI=1S/C14H16N4O3/c1-10-8-13(17-21-10)16-11-2-3-12(15-9-11)14(19)18-4-6-20-7-5-18/h2-3,8-9H,4-7H2,1H3,(H,16,17). The Balaban J connectivity index is 1.67. The fourth-order valence-corrected chi connectivity index (χ4v) is 2.10. The second kappa shape index (κ2) is 5.92. The minimum Gasteiger partial charge on any atom is -0.378 e. The van der Waals surface area contributed by atoms with Gasteiger partial charge in [0.05, 0.1) is 25.1 Å². The molecular weight excluding hydrogens is 272 g/mol. The molecule has 3 heterocycles. The molecule has 2 aromatic heterocycles. The summed E-state index contributed by atoms with van der Waals surface area (Å²) in [6, 6.07) is 5.28. The molecule has 0 saturated carbocycles. The average Bonchev–Trinajstić information content (AvgIpc) is 2.93. The summed E-state index contributed by atoms with van der Waals surface area (Å²) >= 11 is 0. The summed E-state index contributed by atoms with van der Waals surface area (Å²) in [4.78, 5) is 18.2. The molecule has 1 aliphatic heterocycles. The molecule has 1 aliphatic rings. The first kappa shape index (κ1) is 13.6. The number of aromatic nitrogens is 2. The highest BCUT2D eigenvalue weighted by molar-refractivity contribution is 5.92. The number of aryl methyl sites for hydroxylation is 1. The summed E-state index contributed by atoms with van der Waals surface area (Å²) in [5, 5.41) is 6.90. The van der Waals surface area contributed by atoms with Gasteiger partial charge in [-0.05, 0) is 19.1 Å². The van der Waals surface area contributed by atoms with E-state index in [1.165, 1.54) is 0 Å². The van der Waals surface area contributed by atoms with Crippen LogP contribution in [0, 0.1) is 6.92 Å². The Morgan fingerprint density at radius 1 is 1.33 bits per heavy atom. The maximum absolute atomic E-state index is 12.2. The van der Waals surface area contributed by atoms with Gasteiger partial charge in [0.15, 0.2) is 5.82 Å². The minimum absolute atomic E-state index is 0.0675. The van der Waals surface area contributed by atoms with E-state index in [1.807, 2.05) is 6.92 Å². The number of carbonyl (C=O) groups excluding carboxylic acids is 1. The third-order valence-corrected chi connectivity index (χ3v) is 3.18. The minimum atomic E-state index is -0.0675. The Bertz CT molecular complexity index is 617. The number of rotatable bonds is 3. The molecule has 1 fully saturated rings. The van der Waals surface area contributed by atoms with Crippen molar-refractivity contribution >= 4 is 17.4 Å². The Morgan fingerprint density at radius 3 is 2.76 bits per heavy atom. The van der Waals surface area contributed by atoms with Crippen molar-refractivity contribution in [3.63, 3.8) is 0 Å². The summed E-state index contributed by atoms with van der Waals surface area (Å²) in [6.07, 6.45) is 1.61. The molecule has 0 radical (unpaired) electrons. The van der Waals surface area contributed by atoms with E-state index >= 15 is 0 Å². The van der Waals surface area contributed by atoms with E-state index in [4.69, 9.17) is 9.26 Å². The van der Waals surface area contributed by atoms with E-state index in [0.29, 0.717) is 37.8 Å². The molecule has 1 N–H and O–H groups in total. The Labute approximate surface area is 121 Å². The summed E-state index contributed by atoms with van der Waals surface area (Å²) < 4.78 is 10.2. The number of pyridine rings is 1. The Kier molecular flexibility index (Phi) is 3.83. The summed E-state index contributed by atoms with van der Waals surface area (Å²) in [6.45, 7) is 4.20. The molecule has 0 bridgehead atoms. The number of nitrogens with zero attached hydrogens (tertiary/aromatic N) is 3. The van der Waals surface area contributed by atoms with Crippen LogP contribution in [0.5, 0.6) is 0 Å². The number of amides is 1. The normalized spacial score (nSPS) is 15.0. The summed E-state index contributed by atoms with van der Waals surface area (Å²) in [5.74, 6) is 1.27. The molecular formula is C14H16N4O3. The molecule has 0 aliphatic carbocycles. The molecule has 1 amide bonds. The van der Waals surface area contributed by atoms with Crippen molar-refractivity contribution in [3.05, 3.63) is 35.9 Å². The van der Waals surface area contributed by atoms with E-state index in [1.54, 1.807) is 29.3 Å². The number of nitrogens with one attached hydrogen (secondary N) is 1. The van der Waals surface area contributed by atoms with Crippen molar-refractivity contribution in [2.75, 3.05) is 31.6 Å². The van der Waals surface area contributed by atoms with Gasteiger partial charge in [-0.15, -0.1) is 0 Å². The zero-order valence-corrected chi connectivity index (χ0v) is 11.7. The highest BCUT2D eigenvalue weighted by Crippen LogP contribution is 2.16. The van der Waals surface area contributed by atoms with E-state index in [9.17, 15) is 4.79 Å². The van der Waals surface area contributed by atoms with Crippen LogP contribution in [-0.2, 0) is 4.74 Å². The molecule has 7 heteroatoms. The van der Waals surface area contributed by atoms with Crippen LogP contribution in [0.4, 0.5) is 11.5 Å². The zero-order chi connectivity index (χ0) is 14.7. The van der Waals surface area contributed by atoms with Gasteiger partial charge in [-0.3, -0.25) is 4.79 Å². The number of hydrogen-bond acceptors (Lipinski definition) is 6. The van der Waals surface area contributed by atoms with Crippen molar-refractivity contribution in [2.45, 2.75) is 6.92 Å². The second-order valence-electron chi connectivity index (χ2n) is 4.78. The number of carbonyl (C=O) groups is 1. The van der Waals surface area contributed by atoms with Crippen molar-refractivity contribution in [3.8, 4) is 0 Å². The Hall–Kier alpha value is -2.41. The Morgan fingerprint density at radius 2 is 2.14 bits per heavy atom. The number of morpholine rings is 1. The first-order chi connectivity index (χ1) is 10.2. The van der Waals surface area contributed by atoms with Gasteiger partial charge >= 0.3 is 0 Å². The molecule has 0 unspecified atom stereocenters. The van der Waals surface area contributed by atoms with Crippen LogP contribution in [0.15, 0.2) is 28.9 Å². The quantitative estimate of drug-likeness (QED) is 0.924. The van der Waals surface area contributed by atoms with Gasteiger partial charge in [0, 0.05) is 19.2 Å². The van der Waals surface area contributed by atoms with Crippen LogP contribution in [0.3, 0.4) is 0 Å². The maximum atomic E-state index is 12.2. The molecule has 110 valence electrons. The number of anilines is 2. The van der Waals surface area contributed by atoms with Crippen molar-refractivity contribution < 1.29 is 14.1 Å². The molecule has 1 saturated heterocycles. The zero-order valence-electron chi connectivity index (χ0n) is 11.7. The third-order valence-electron chi connectivity index (χ3n) is 3.18. The van der Waals surface area contributed by atoms with Gasteiger partial charge in [-0.25, -0.2) is 4.98 Å². The fourth-order valence-electron chi connectivity index (χ4n) is 2.10. The first-order valence-corrected chi connectivity index (χ1v) is 6.76. The molecule has 0 atom stereocenters. The van der Waals surface area contributed by atoms with E-state index < -0.39 is 0 Å². The monoisotopic (exact) mass is 288 g/mol. The predicted octanol–water partition coefficient (Wildman–Crippen LogP) is 1.59. The second-order valence-corrected chi connectivity index (χ2v) is 4.78. The van der Waals surface area contributed by atoms with Crippen LogP contribution in [0.1, 0.15) is 16.2 Å². The number of hydrogen-bond donors (Lipinski definition) is 1. The van der Waals surface area contributed by atoms with Crippen molar-refractivity contribution in [2.24, 2.45) is 0 Å². The largest absolute Gasteiger partial charge is 0.378 e. The summed E-state index contributed by atoms with van der Waals surface area (Å²) in [5.41, 5.74) is 1.18.